The average molecular weight is 384 g/mol. The van der Waals surface area contributed by atoms with Gasteiger partial charge in [0, 0.05) is 48.3 Å². The summed E-state index contributed by atoms with van der Waals surface area (Å²) in [5, 5.41) is 0. The van der Waals surface area contributed by atoms with Crippen LogP contribution in [0.15, 0.2) is 30.7 Å². The van der Waals surface area contributed by atoms with Crippen LogP contribution in [0.2, 0.25) is 0 Å². The van der Waals surface area contributed by atoms with E-state index in [0.29, 0.717) is 44.0 Å². The number of aryl methyl sites for hydroxylation is 1. The molecule has 0 saturated carbocycles. The lowest BCUT2D eigenvalue weighted by Gasteiger charge is -2.44. The average Bonchev–Trinajstić information content (AvgIpc) is 3.10. The van der Waals surface area contributed by atoms with E-state index in [2.05, 4.69) is 15.0 Å². The summed E-state index contributed by atoms with van der Waals surface area (Å²) < 4.78 is 30.2. The van der Waals surface area contributed by atoms with Crippen LogP contribution in [0.4, 0.5) is 10.6 Å². The summed E-state index contributed by atoms with van der Waals surface area (Å²) >= 11 is 0. The van der Waals surface area contributed by atoms with Crippen molar-refractivity contribution in [2.75, 3.05) is 25.0 Å². The van der Waals surface area contributed by atoms with E-state index in [-0.39, 0.29) is 0 Å². The summed E-state index contributed by atoms with van der Waals surface area (Å²) in [6.07, 6.45) is 6.35. The highest BCUT2D eigenvalue weighted by molar-refractivity contribution is 5.69. The SMILES string of the molecule is [2H]C([2H])([2H])N1c2ncc(-c3ncccn3)cc2CCC12CCN(C(=O)OC(C)(C)C)C2. The molecular formula is C21H27N5O2. The van der Waals surface area contributed by atoms with Crippen molar-refractivity contribution in [1.82, 2.24) is 19.9 Å². The van der Waals surface area contributed by atoms with E-state index in [4.69, 9.17) is 8.85 Å². The number of likely N-dealkylation sites (tertiary alicyclic amines) is 1. The Morgan fingerprint density at radius 1 is 1.25 bits per heavy atom. The number of hydrogen-bond donors (Lipinski definition) is 0. The number of ether oxygens (including phenoxy) is 1. The molecule has 2 aliphatic heterocycles. The minimum Gasteiger partial charge on any atom is -0.444 e. The van der Waals surface area contributed by atoms with Gasteiger partial charge in [0.1, 0.15) is 11.4 Å². The predicted octanol–water partition coefficient (Wildman–Crippen LogP) is 3.30. The molecule has 1 unspecified atom stereocenters. The second-order valence-electron chi connectivity index (χ2n) is 8.49. The molecule has 0 radical (unpaired) electrons. The molecule has 4 heterocycles. The number of anilines is 1. The number of hydrogen-bond acceptors (Lipinski definition) is 6. The molecule has 1 spiro atoms. The maximum Gasteiger partial charge on any atom is 0.410 e. The first-order valence-electron chi connectivity index (χ1n) is 11.0. The van der Waals surface area contributed by atoms with Crippen LogP contribution < -0.4 is 4.90 Å². The smallest absolute Gasteiger partial charge is 0.410 e. The summed E-state index contributed by atoms with van der Waals surface area (Å²) in [4.78, 5) is 28.7. The summed E-state index contributed by atoms with van der Waals surface area (Å²) in [5.41, 5.74) is 0.296. The van der Waals surface area contributed by atoms with Gasteiger partial charge in [-0.25, -0.2) is 19.7 Å². The zero-order valence-electron chi connectivity index (χ0n) is 19.5. The molecule has 0 N–H and O–H groups in total. The Hall–Kier alpha value is -2.70. The van der Waals surface area contributed by atoms with Crippen molar-refractivity contribution in [3.8, 4) is 11.4 Å². The molecule has 0 aliphatic carbocycles. The topological polar surface area (TPSA) is 71.5 Å². The molecule has 0 bridgehead atoms. The van der Waals surface area contributed by atoms with Crippen LogP contribution in [-0.2, 0) is 11.2 Å². The van der Waals surface area contributed by atoms with Crippen molar-refractivity contribution in [1.29, 1.82) is 0 Å². The summed E-state index contributed by atoms with van der Waals surface area (Å²) in [5.74, 6) is 0.993. The highest BCUT2D eigenvalue weighted by atomic mass is 16.6. The van der Waals surface area contributed by atoms with E-state index >= 15 is 0 Å². The number of rotatable bonds is 1. The van der Waals surface area contributed by atoms with Gasteiger partial charge in [-0.2, -0.15) is 0 Å². The fourth-order valence-electron chi connectivity index (χ4n) is 3.89. The second-order valence-corrected chi connectivity index (χ2v) is 8.49. The van der Waals surface area contributed by atoms with Crippen molar-refractivity contribution < 1.29 is 13.6 Å². The Morgan fingerprint density at radius 2 is 2.04 bits per heavy atom. The number of carbonyl (C=O) groups is 1. The first-order chi connectivity index (χ1) is 14.5. The minimum absolute atomic E-state index is 0.297. The molecule has 148 valence electrons. The fourth-order valence-corrected chi connectivity index (χ4v) is 3.89. The van der Waals surface area contributed by atoms with Gasteiger partial charge >= 0.3 is 6.09 Å². The lowest BCUT2D eigenvalue weighted by atomic mass is 9.84. The zero-order valence-corrected chi connectivity index (χ0v) is 16.5. The van der Waals surface area contributed by atoms with E-state index < -0.39 is 24.2 Å². The number of aromatic nitrogens is 3. The highest BCUT2D eigenvalue weighted by Crippen LogP contribution is 2.41. The van der Waals surface area contributed by atoms with Gasteiger partial charge in [-0.05, 0) is 57.7 Å². The first kappa shape index (κ1) is 15.2. The number of amides is 1. The molecule has 2 aliphatic rings. The van der Waals surface area contributed by atoms with Crippen LogP contribution in [0, 0.1) is 0 Å². The molecule has 1 amide bonds. The van der Waals surface area contributed by atoms with Crippen molar-refractivity contribution in [3.63, 3.8) is 0 Å². The summed E-state index contributed by atoms with van der Waals surface area (Å²) in [6, 6.07) is 3.66. The minimum atomic E-state index is -2.39. The molecule has 7 heteroatoms. The Labute approximate surface area is 170 Å². The Bertz CT molecular complexity index is 977. The van der Waals surface area contributed by atoms with Gasteiger partial charge < -0.3 is 14.5 Å². The summed E-state index contributed by atoms with van der Waals surface area (Å²) in [7, 11) is 0. The van der Waals surface area contributed by atoms with Gasteiger partial charge in [-0.15, -0.1) is 0 Å². The number of carbonyl (C=O) groups excluding carboxylic acids is 1. The normalized spacial score (nSPS) is 23.8. The van der Waals surface area contributed by atoms with Gasteiger partial charge in [-0.1, -0.05) is 0 Å². The van der Waals surface area contributed by atoms with Gasteiger partial charge in [0.05, 0.1) is 5.54 Å². The van der Waals surface area contributed by atoms with E-state index in [1.54, 1.807) is 29.6 Å². The molecule has 7 nitrogen and oxygen atoms in total. The highest BCUT2D eigenvalue weighted by Gasteiger charge is 2.46. The van der Waals surface area contributed by atoms with E-state index in [1.807, 2.05) is 26.8 Å². The lowest BCUT2D eigenvalue weighted by Crippen LogP contribution is -2.52. The molecular weight excluding hydrogens is 354 g/mol. The van der Waals surface area contributed by atoms with Crippen molar-refractivity contribution in [3.05, 3.63) is 36.3 Å². The molecule has 0 aromatic carbocycles. The first-order valence-corrected chi connectivity index (χ1v) is 9.53. The van der Waals surface area contributed by atoms with Gasteiger partial charge in [0.15, 0.2) is 5.82 Å². The lowest BCUT2D eigenvalue weighted by molar-refractivity contribution is 0.0283. The van der Waals surface area contributed by atoms with Gasteiger partial charge in [0.25, 0.3) is 0 Å². The fraction of sp³-hybridized carbons (Fsp3) is 0.524. The third-order valence-corrected chi connectivity index (χ3v) is 5.30. The second kappa shape index (κ2) is 6.72. The van der Waals surface area contributed by atoms with Crippen LogP contribution in [0.1, 0.15) is 43.3 Å². The zero-order chi connectivity index (χ0) is 22.4. The third kappa shape index (κ3) is 3.41. The monoisotopic (exact) mass is 384 g/mol. The third-order valence-electron chi connectivity index (χ3n) is 5.30. The number of fused-ring (bicyclic) bond motifs is 1. The number of pyridine rings is 1. The van der Waals surface area contributed by atoms with E-state index in [0.717, 1.165) is 11.1 Å². The van der Waals surface area contributed by atoms with Gasteiger partial charge in [0.2, 0.25) is 0 Å². The summed E-state index contributed by atoms with van der Waals surface area (Å²) in [6.45, 7) is 3.81. The quantitative estimate of drug-likeness (QED) is 0.751. The Kier molecular flexibility index (Phi) is 3.66. The molecule has 4 rings (SSSR count). The van der Waals surface area contributed by atoms with Crippen molar-refractivity contribution in [2.45, 2.75) is 51.2 Å². The standard InChI is InChI=1S/C21H27N5O2/c1-20(2,3)28-19(27)26-11-8-21(14-26)7-6-15-12-16(13-24-18(15)25(21)4)17-22-9-5-10-23-17/h5,9-10,12-13H,6-8,11,14H2,1-4H3/i4D3. The molecule has 2 aromatic rings. The van der Waals surface area contributed by atoms with E-state index in [1.165, 1.54) is 4.90 Å². The predicted molar refractivity (Wildman–Crippen MR) is 107 cm³/mol. The van der Waals surface area contributed by atoms with Crippen LogP contribution in [0.3, 0.4) is 0 Å². The molecule has 28 heavy (non-hydrogen) atoms. The molecule has 2 aromatic heterocycles. The number of likely N-dealkylation sites (N-methyl/N-ethyl adjacent to an activating group) is 1. The van der Waals surface area contributed by atoms with Crippen LogP contribution in [-0.4, -0.2) is 57.2 Å². The molecule has 1 atom stereocenters. The van der Waals surface area contributed by atoms with Crippen LogP contribution in [0.25, 0.3) is 11.4 Å². The number of nitrogens with zero attached hydrogens (tertiary/aromatic N) is 5. The van der Waals surface area contributed by atoms with Crippen molar-refractivity contribution in [2.24, 2.45) is 0 Å². The maximum atomic E-state index is 12.6. The van der Waals surface area contributed by atoms with Crippen LogP contribution in [0.5, 0.6) is 0 Å². The Balaban J connectivity index is 1.66. The maximum absolute atomic E-state index is 12.6. The largest absolute Gasteiger partial charge is 0.444 e. The van der Waals surface area contributed by atoms with E-state index in [9.17, 15) is 4.79 Å². The van der Waals surface area contributed by atoms with Gasteiger partial charge in [-0.3, -0.25) is 0 Å². The molecule has 1 fully saturated rings. The van der Waals surface area contributed by atoms with Crippen molar-refractivity contribution >= 4 is 11.9 Å². The molecule has 1 saturated heterocycles. The van der Waals surface area contributed by atoms with Crippen LogP contribution >= 0.6 is 0 Å². The Morgan fingerprint density at radius 3 is 2.75 bits per heavy atom.